The number of aromatic nitrogens is 3. The minimum Gasteiger partial charge on any atom is -0.351 e. The number of amides is 1. The van der Waals surface area contributed by atoms with Crippen LogP contribution in [0.2, 0.25) is 0 Å². The molecule has 0 aliphatic rings. The van der Waals surface area contributed by atoms with Crippen LogP contribution < -0.4 is 5.32 Å². The van der Waals surface area contributed by atoms with Gasteiger partial charge in [0.25, 0.3) is 5.91 Å². The lowest BCUT2D eigenvalue weighted by molar-refractivity contribution is 0.102. The molecule has 2 N–H and O–H groups in total. The first-order chi connectivity index (χ1) is 12.6. The van der Waals surface area contributed by atoms with E-state index in [2.05, 4.69) is 41.4 Å². The fraction of sp³-hybridized carbons (Fsp3) is 0.143. The molecule has 0 bridgehead atoms. The molecule has 0 saturated carbocycles. The normalized spacial score (nSPS) is 11.0. The zero-order chi connectivity index (χ0) is 18.1. The molecule has 0 unspecified atom stereocenters. The van der Waals surface area contributed by atoms with E-state index in [1.54, 1.807) is 6.20 Å². The van der Waals surface area contributed by atoms with Crippen LogP contribution in [0.25, 0.3) is 10.9 Å². The maximum atomic E-state index is 12.6. The van der Waals surface area contributed by atoms with Gasteiger partial charge in [-0.2, -0.15) is 5.10 Å². The third-order valence-electron chi connectivity index (χ3n) is 4.45. The summed E-state index contributed by atoms with van der Waals surface area (Å²) in [5.74, 6) is -0.141. The Bertz CT molecular complexity index is 1060. The second kappa shape index (κ2) is 6.52. The number of fused-ring (bicyclic) bond motifs is 1. The van der Waals surface area contributed by atoms with E-state index in [0.717, 1.165) is 22.2 Å². The molecule has 2 aromatic carbocycles. The first kappa shape index (κ1) is 16.1. The molecule has 2 aromatic heterocycles. The van der Waals surface area contributed by atoms with E-state index in [9.17, 15) is 4.79 Å². The van der Waals surface area contributed by atoms with Crippen molar-refractivity contribution in [3.8, 4) is 0 Å². The van der Waals surface area contributed by atoms with Crippen molar-refractivity contribution >= 4 is 22.5 Å². The predicted octanol–water partition coefficient (Wildman–Crippen LogP) is 4.28. The third kappa shape index (κ3) is 3.24. The smallest absolute Gasteiger partial charge is 0.272 e. The fourth-order valence-electron chi connectivity index (χ4n) is 3.19. The molecule has 26 heavy (non-hydrogen) atoms. The summed E-state index contributed by atoms with van der Waals surface area (Å²) in [6, 6.07) is 15.8. The van der Waals surface area contributed by atoms with Gasteiger partial charge in [0.15, 0.2) is 0 Å². The Balaban J connectivity index is 1.50. The van der Waals surface area contributed by atoms with Gasteiger partial charge >= 0.3 is 0 Å². The van der Waals surface area contributed by atoms with Crippen molar-refractivity contribution in [1.29, 1.82) is 0 Å². The van der Waals surface area contributed by atoms with Crippen molar-refractivity contribution in [1.82, 2.24) is 14.8 Å². The van der Waals surface area contributed by atoms with Gasteiger partial charge in [0.05, 0.1) is 6.54 Å². The van der Waals surface area contributed by atoms with E-state index >= 15 is 0 Å². The number of H-pyrrole nitrogens is 1. The third-order valence-corrected chi connectivity index (χ3v) is 4.45. The predicted molar refractivity (Wildman–Crippen MR) is 103 cm³/mol. The molecule has 0 aliphatic carbocycles. The highest BCUT2D eigenvalue weighted by Gasteiger charge is 2.11. The van der Waals surface area contributed by atoms with Crippen LogP contribution >= 0.6 is 0 Å². The summed E-state index contributed by atoms with van der Waals surface area (Å²) in [5, 5.41) is 8.22. The summed E-state index contributed by atoms with van der Waals surface area (Å²) in [7, 11) is 0. The molecule has 0 aliphatic heterocycles. The first-order valence-electron chi connectivity index (χ1n) is 8.56. The number of benzene rings is 2. The maximum Gasteiger partial charge on any atom is 0.272 e. The quantitative estimate of drug-likeness (QED) is 0.580. The Labute approximate surface area is 151 Å². The minimum atomic E-state index is -0.141. The number of carbonyl (C=O) groups is 1. The molecule has 2 heterocycles. The Morgan fingerprint density at radius 3 is 2.69 bits per heavy atom. The number of hydrogen-bond acceptors (Lipinski definition) is 2. The number of rotatable bonds is 4. The lowest BCUT2D eigenvalue weighted by Gasteiger charge is -2.06. The lowest BCUT2D eigenvalue weighted by atomic mass is 10.1. The molecule has 5 nitrogen and oxygen atoms in total. The molecule has 130 valence electrons. The van der Waals surface area contributed by atoms with Gasteiger partial charge in [0.1, 0.15) is 5.69 Å². The van der Waals surface area contributed by atoms with E-state index in [4.69, 9.17) is 0 Å². The van der Waals surface area contributed by atoms with Crippen LogP contribution in [0, 0.1) is 13.8 Å². The van der Waals surface area contributed by atoms with Gasteiger partial charge in [-0.05, 0) is 60.9 Å². The summed E-state index contributed by atoms with van der Waals surface area (Å²) < 4.78 is 1.86. The summed E-state index contributed by atoms with van der Waals surface area (Å²) >= 11 is 0. The van der Waals surface area contributed by atoms with Gasteiger partial charge in [-0.3, -0.25) is 9.48 Å². The molecule has 0 atom stereocenters. The molecule has 4 rings (SSSR count). The average Bonchev–Trinajstić information content (AvgIpc) is 3.26. The van der Waals surface area contributed by atoms with Gasteiger partial charge in [-0.15, -0.1) is 0 Å². The van der Waals surface area contributed by atoms with Crippen LogP contribution in [0.4, 0.5) is 5.69 Å². The molecule has 1 amide bonds. The van der Waals surface area contributed by atoms with Crippen molar-refractivity contribution in [2.24, 2.45) is 0 Å². The SMILES string of the molecule is Cc1cc(C)c2cc(C(=O)Nc3ccc(Cn4cccn4)cc3)[nH]c2c1. The fourth-order valence-corrected chi connectivity index (χ4v) is 3.19. The molecule has 0 saturated heterocycles. The van der Waals surface area contributed by atoms with Crippen LogP contribution in [0.15, 0.2) is 60.9 Å². The monoisotopic (exact) mass is 344 g/mol. The van der Waals surface area contributed by atoms with E-state index in [-0.39, 0.29) is 5.91 Å². The van der Waals surface area contributed by atoms with Crippen molar-refractivity contribution < 1.29 is 4.79 Å². The minimum absolute atomic E-state index is 0.141. The van der Waals surface area contributed by atoms with Gasteiger partial charge in [-0.25, -0.2) is 0 Å². The maximum absolute atomic E-state index is 12.6. The molecule has 0 fully saturated rings. The van der Waals surface area contributed by atoms with Gasteiger partial charge in [0, 0.05) is 29.0 Å². The van der Waals surface area contributed by atoms with Crippen molar-refractivity contribution in [2.75, 3.05) is 5.32 Å². The highest BCUT2D eigenvalue weighted by molar-refractivity contribution is 6.06. The zero-order valence-corrected chi connectivity index (χ0v) is 14.8. The summed E-state index contributed by atoms with van der Waals surface area (Å²) in [4.78, 5) is 15.8. The van der Waals surface area contributed by atoms with E-state index in [1.165, 1.54) is 11.1 Å². The van der Waals surface area contributed by atoms with Crippen molar-refractivity contribution in [2.45, 2.75) is 20.4 Å². The van der Waals surface area contributed by atoms with E-state index < -0.39 is 0 Å². The number of aryl methyl sites for hydroxylation is 2. The topological polar surface area (TPSA) is 62.7 Å². The number of anilines is 1. The zero-order valence-electron chi connectivity index (χ0n) is 14.8. The largest absolute Gasteiger partial charge is 0.351 e. The van der Waals surface area contributed by atoms with Crippen LogP contribution in [-0.4, -0.2) is 20.7 Å². The first-order valence-corrected chi connectivity index (χ1v) is 8.56. The second-order valence-electron chi connectivity index (χ2n) is 6.58. The molecule has 0 radical (unpaired) electrons. The van der Waals surface area contributed by atoms with Crippen LogP contribution in [0.5, 0.6) is 0 Å². The van der Waals surface area contributed by atoms with Gasteiger partial charge in [-0.1, -0.05) is 18.2 Å². The number of carbonyl (C=O) groups excluding carboxylic acids is 1. The molecular weight excluding hydrogens is 324 g/mol. The highest BCUT2D eigenvalue weighted by Crippen LogP contribution is 2.22. The number of hydrogen-bond donors (Lipinski definition) is 2. The number of aromatic amines is 1. The standard InChI is InChI=1S/C21H20N4O/c1-14-10-15(2)18-12-20(24-19(18)11-14)21(26)23-17-6-4-16(5-7-17)13-25-9-3-8-22-25/h3-12,24H,13H2,1-2H3,(H,23,26). The average molecular weight is 344 g/mol. The lowest BCUT2D eigenvalue weighted by Crippen LogP contribution is -2.12. The van der Waals surface area contributed by atoms with Crippen molar-refractivity contribution in [3.63, 3.8) is 0 Å². The second-order valence-corrected chi connectivity index (χ2v) is 6.58. The molecular formula is C21H20N4O. The highest BCUT2D eigenvalue weighted by atomic mass is 16.1. The summed E-state index contributed by atoms with van der Waals surface area (Å²) in [6.07, 6.45) is 3.69. The summed E-state index contributed by atoms with van der Waals surface area (Å²) in [5.41, 5.74) is 5.79. The Hall–Kier alpha value is -3.34. The Morgan fingerprint density at radius 2 is 1.96 bits per heavy atom. The van der Waals surface area contributed by atoms with Crippen LogP contribution in [0.3, 0.4) is 0 Å². The number of nitrogens with one attached hydrogen (secondary N) is 2. The van der Waals surface area contributed by atoms with Crippen LogP contribution in [-0.2, 0) is 6.54 Å². The Morgan fingerprint density at radius 1 is 1.15 bits per heavy atom. The molecule has 5 heteroatoms. The molecule has 0 spiro atoms. The van der Waals surface area contributed by atoms with E-state index in [1.807, 2.05) is 47.3 Å². The number of nitrogens with zero attached hydrogens (tertiary/aromatic N) is 2. The van der Waals surface area contributed by atoms with E-state index in [0.29, 0.717) is 12.2 Å². The Kier molecular flexibility index (Phi) is 4.05. The summed E-state index contributed by atoms with van der Waals surface area (Å²) in [6.45, 7) is 4.82. The van der Waals surface area contributed by atoms with Gasteiger partial charge in [0.2, 0.25) is 0 Å². The van der Waals surface area contributed by atoms with Crippen LogP contribution in [0.1, 0.15) is 27.2 Å². The molecule has 4 aromatic rings. The van der Waals surface area contributed by atoms with Crippen molar-refractivity contribution in [3.05, 3.63) is 83.3 Å². The van der Waals surface area contributed by atoms with Gasteiger partial charge < -0.3 is 10.3 Å².